The fraction of sp³-hybridized carbons (Fsp3) is 0.737. The number of nitrogens with zero attached hydrogens (tertiary/aromatic N) is 3. The number of hydrogen-bond acceptors (Lipinski definition) is 5. The van der Waals surface area contributed by atoms with E-state index in [4.69, 9.17) is 9.26 Å². The second-order valence-electron chi connectivity index (χ2n) is 8.22. The number of carbonyl (C=O) groups excluding carboxylic acids is 2. The van der Waals surface area contributed by atoms with Gasteiger partial charge in [0.15, 0.2) is 5.69 Å². The number of rotatable bonds is 2. The van der Waals surface area contributed by atoms with Crippen molar-refractivity contribution >= 4 is 12.0 Å². The summed E-state index contributed by atoms with van der Waals surface area (Å²) in [6.45, 7) is 10.8. The molecule has 1 aromatic heterocycles. The van der Waals surface area contributed by atoms with Crippen LogP contribution in [0.25, 0.3) is 0 Å². The van der Waals surface area contributed by atoms with Crippen LogP contribution in [0.1, 0.15) is 55.9 Å². The van der Waals surface area contributed by atoms with E-state index in [0.717, 1.165) is 30.6 Å². The van der Waals surface area contributed by atoms with Crippen molar-refractivity contribution in [2.45, 2.75) is 47.0 Å². The van der Waals surface area contributed by atoms with Crippen LogP contribution in [0, 0.1) is 11.3 Å². The first-order chi connectivity index (χ1) is 12.3. The number of hydrogen-bond donors (Lipinski definition) is 0. The predicted octanol–water partition coefficient (Wildman–Crippen LogP) is 2.74. The molecule has 7 nitrogen and oxygen atoms in total. The highest BCUT2D eigenvalue weighted by molar-refractivity contribution is 5.94. The number of fused-ring (bicyclic) bond motifs is 1. The van der Waals surface area contributed by atoms with Crippen molar-refractivity contribution in [3.8, 4) is 0 Å². The summed E-state index contributed by atoms with van der Waals surface area (Å²) in [7, 11) is 0. The van der Waals surface area contributed by atoms with Crippen molar-refractivity contribution in [2.75, 3.05) is 32.8 Å². The molecular formula is C19H29N3O4. The molecule has 7 heteroatoms. The summed E-state index contributed by atoms with van der Waals surface area (Å²) in [5.41, 5.74) is 1.63. The highest BCUT2D eigenvalue weighted by atomic mass is 16.6. The number of aryl methyl sites for hydroxylation is 1. The van der Waals surface area contributed by atoms with E-state index in [9.17, 15) is 9.59 Å². The van der Waals surface area contributed by atoms with Gasteiger partial charge in [0.1, 0.15) is 5.76 Å². The Morgan fingerprint density at radius 3 is 2.46 bits per heavy atom. The Morgan fingerprint density at radius 2 is 1.85 bits per heavy atom. The molecule has 0 unspecified atom stereocenters. The number of piperazine rings is 1. The Bertz CT molecular complexity index is 669. The molecule has 2 amide bonds. The summed E-state index contributed by atoms with van der Waals surface area (Å²) in [6.07, 6.45) is 2.43. The van der Waals surface area contributed by atoms with Gasteiger partial charge in [0.2, 0.25) is 0 Å². The van der Waals surface area contributed by atoms with E-state index in [-0.39, 0.29) is 17.4 Å². The van der Waals surface area contributed by atoms with Crippen LogP contribution in [-0.2, 0) is 17.6 Å². The third kappa shape index (κ3) is 3.71. The van der Waals surface area contributed by atoms with Crippen molar-refractivity contribution in [2.24, 2.45) is 11.3 Å². The molecular weight excluding hydrogens is 334 g/mol. The minimum Gasteiger partial charge on any atom is -0.450 e. The minimum absolute atomic E-state index is 0.0898. The Labute approximate surface area is 154 Å². The highest BCUT2D eigenvalue weighted by Crippen LogP contribution is 2.38. The van der Waals surface area contributed by atoms with Crippen molar-refractivity contribution in [3.05, 3.63) is 17.0 Å². The van der Waals surface area contributed by atoms with E-state index in [0.29, 0.717) is 44.4 Å². The summed E-state index contributed by atoms with van der Waals surface area (Å²) < 4.78 is 10.5. The van der Waals surface area contributed by atoms with E-state index in [1.807, 2.05) is 0 Å². The average Bonchev–Trinajstić information content (AvgIpc) is 3.04. The first-order valence-corrected chi connectivity index (χ1v) is 9.49. The number of ether oxygens (including phenoxy) is 1. The summed E-state index contributed by atoms with van der Waals surface area (Å²) in [5.74, 6) is 1.29. The standard InChI is InChI=1S/C19H29N3O4/c1-5-25-18(24)22-10-8-21(9-11-22)17(23)16-14-12-13(19(2,3)4)6-7-15(14)26-20-16/h13H,5-12H2,1-4H3/t13-/m0/s1. The zero-order valence-corrected chi connectivity index (χ0v) is 16.2. The zero-order chi connectivity index (χ0) is 18.9. The van der Waals surface area contributed by atoms with Crippen LogP contribution < -0.4 is 0 Å². The molecule has 0 bridgehead atoms. The number of amides is 2. The second-order valence-corrected chi connectivity index (χ2v) is 8.22. The van der Waals surface area contributed by atoms with Crippen LogP contribution in [0.15, 0.2) is 4.52 Å². The lowest BCUT2D eigenvalue weighted by Crippen LogP contribution is -2.51. The summed E-state index contributed by atoms with van der Waals surface area (Å²) in [6, 6.07) is 0. The van der Waals surface area contributed by atoms with Crippen molar-refractivity contribution < 1.29 is 18.8 Å². The highest BCUT2D eigenvalue weighted by Gasteiger charge is 2.36. The van der Waals surface area contributed by atoms with Gasteiger partial charge in [0.05, 0.1) is 6.61 Å². The molecule has 0 aromatic carbocycles. The number of aromatic nitrogens is 1. The maximum atomic E-state index is 13.0. The van der Waals surface area contributed by atoms with Gasteiger partial charge in [-0.1, -0.05) is 25.9 Å². The van der Waals surface area contributed by atoms with E-state index >= 15 is 0 Å². The van der Waals surface area contributed by atoms with Gasteiger partial charge in [0, 0.05) is 38.2 Å². The quantitative estimate of drug-likeness (QED) is 0.807. The lowest BCUT2D eigenvalue weighted by molar-refractivity contribution is 0.0561. The van der Waals surface area contributed by atoms with E-state index in [1.54, 1.807) is 16.7 Å². The smallest absolute Gasteiger partial charge is 0.409 e. The third-order valence-corrected chi connectivity index (χ3v) is 5.56. The molecule has 3 rings (SSSR count). The Hall–Kier alpha value is -2.05. The molecule has 26 heavy (non-hydrogen) atoms. The third-order valence-electron chi connectivity index (χ3n) is 5.56. The Morgan fingerprint density at radius 1 is 1.19 bits per heavy atom. The largest absolute Gasteiger partial charge is 0.450 e. The average molecular weight is 363 g/mol. The van der Waals surface area contributed by atoms with Gasteiger partial charge >= 0.3 is 6.09 Å². The molecule has 2 heterocycles. The van der Waals surface area contributed by atoms with Crippen LogP contribution in [0.3, 0.4) is 0 Å². The summed E-state index contributed by atoms with van der Waals surface area (Å²) in [4.78, 5) is 28.2. The summed E-state index contributed by atoms with van der Waals surface area (Å²) in [5, 5.41) is 4.10. The lowest BCUT2D eigenvalue weighted by Gasteiger charge is -2.35. The van der Waals surface area contributed by atoms with Crippen molar-refractivity contribution in [1.29, 1.82) is 0 Å². The maximum absolute atomic E-state index is 13.0. The van der Waals surface area contributed by atoms with Gasteiger partial charge in [-0.3, -0.25) is 4.79 Å². The first-order valence-electron chi connectivity index (χ1n) is 9.49. The van der Waals surface area contributed by atoms with Gasteiger partial charge < -0.3 is 19.1 Å². The predicted molar refractivity (Wildman–Crippen MR) is 96.0 cm³/mol. The molecule has 2 aliphatic rings. The Balaban J connectivity index is 1.67. The molecule has 1 fully saturated rings. The molecule has 1 aliphatic carbocycles. The van der Waals surface area contributed by atoms with Crippen LogP contribution in [-0.4, -0.2) is 59.7 Å². The monoisotopic (exact) mass is 363 g/mol. The molecule has 144 valence electrons. The van der Waals surface area contributed by atoms with Gasteiger partial charge in [-0.25, -0.2) is 4.79 Å². The van der Waals surface area contributed by atoms with Crippen LogP contribution in [0.4, 0.5) is 4.79 Å². The van der Waals surface area contributed by atoms with Crippen LogP contribution in [0.5, 0.6) is 0 Å². The van der Waals surface area contributed by atoms with Crippen LogP contribution in [0.2, 0.25) is 0 Å². The normalized spacial score (nSPS) is 20.7. The fourth-order valence-corrected chi connectivity index (χ4v) is 3.77. The van der Waals surface area contributed by atoms with Crippen LogP contribution >= 0.6 is 0 Å². The van der Waals surface area contributed by atoms with Crippen molar-refractivity contribution in [1.82, 2.24) is 15.0 Å². The SMILES string of the molecule is CCOC(=O)N1CCN(C(=O)c2noc3c2C[C@@H](C(C)(C)C)CC3)CC1. The van der Waals surface area contributed by atoms with Gasteiger partial charge in [0.25, 0.3) is 5.91 Å². The van der Waals surface area contributed by atoms with E-state index < -0.39 is 0 Å². The van der Waals surface area contributed by atoms with Gasteiger partial charge in [-0.05, 0) is 31.1 Å². The molecule has 0 N–H and O–H groups in total. The topological polar surface area (TPSA) is 75.9 Å². The molecule has 1 saturated heterocycles. The van der Waals surface area contributed by atoms with Crippen molar-refractivity contribution in [3.63, 3.8) is 0 Å². The number of carbonyl (C=O) groups is 2. The first kappa shape index (κ1) is 18.7. The molecule has 1 aromatic rings. The molecule has 0 saturated carbocycles. The molecule has 1 atom stereocenters. The zero-order valence-electron chi connectivity index (χ0n) is 16.2. The minimum atomic E-state index is -0.313. The second kappa shape index (κ2) is 7.29. The molecule has 0 spiro atoms. The summed E-state index contributed by atoms with van der Waals surface area (Å²) >= 11 is 0. The van der Waals surface area contributed by atoms with Gasteiger partial charge in [-0.15, -0.1) is 0 Å². The van der Waals surface area contributed by atoms with E-state index in [1.165, 1.54) is 0 Å². The Kier molecular flexibility index (Phi) is 5.25. The van der Waals surface area contributed by atoms with Gasteiger partial charge in [-0.2, -0.15) is 0 Å². The fourth-order valence-electron chi connectivity index (χ4n) is 3.77. The van der Waals surface area contributed by atoms with E-state index in [2.05, 4.69) is 25.9 Å². The molecule has 1 aliphatic heterocycles. The molecule has 0 radical (unpaired) electrons. The lowest BCUT2D eigenvalue weighted by atomic mass is 9.71. The maximum Gasteiger partial charge on any atom is 0.409 e.